The van der Waals surface area contributed by atoms with Gasteiger partial charge in [0.25, 0.3) is 5.56 Å². The van der Waals surface area contributed by atoms with Crippen molar-refractivity contribution in [2.75, 3.05) is 12.8 Å². The Morgan fingerprint density at radius 2 is 2.05 bits per heavy atom. The van der Waals surface area contributed by atoms with Gasteiger partial charge in [-0.2, -0.15) is 0 Å². The van der Waals surface area contributed by atoms with E-state index in [0.29, 0.717) is 23.6 Å². The van der Waals surface area contributed by atoms with E-state index in [1.807, 2.05) is 30.3 Å². The number of hydrogen-bond acceptors (Lipinski definition) is 4. The fourth-order valence-electron chi connectivity index (χ4n) is 2.32. The summed E-state index contributed by atoms with van der Waals surface area (Å²) in [6.07, 6.45) is 1.65. The normalized spacial score (nSPS) is 10.7. The first-order valence-electron chi connectivity index (χ1n) is 6.56. The number of pyridine rings is 2. The zero-order valence-corrected chi connectivity index (χ0v) is 11.6. The number of ether oxygens (including phenoxy) is 1. The minimum atomic E-state index is -0.0959. The fourth-order valence-corrected chi connectivity index (χ4v) is 2.32. The maximum atomic E-state index is 12.5. The Bertz CT molecular complexity index is 856. The van der Waals surface area contributed by atoms with Gasteiger partial charge in [0.15, 0.2) is 0 Å². The molecule has 0 radical (unpaired) electrons. The molecule has 0 bridgehead atoms. The van der Waals surface area contributed by atoms with Crippen molar-refractivity contribution in [2.24, 2.45) is 0 Å². The van der Waals surface area contributed by atoms with Crippen molar-refractivity contribution in [3.8, 4) is 5.88 Å². The summed E-state index contributed by atoms with van der Waals surface area (Å²) < 4.78 is 6.65. The van der Waals surface area contributed by atoms with Crippen LogP contribution in [0, 0.1) is 0 Å². The van der Waals surface area contributed by atoms with Crippen LogP contribution in [0.5, 0.6) is 5.88 Å². The highest BCUT2D eigenvalue weighted by atomic mass is 16.5. The van der Waals surface area contributed by atoms with Gasteiger partial charge in [0.1, 0.15) is 5.82 Å². The SMILES string of the molecule is COc1cc(Cn2c(N)cc3ccccc3c2=O)ccn1. The number of rotatable bonds is 3. The van der Waals surface area contributed by atoms with Crippen molar-refractivity contribution in [1.29, 1.82) is 0 Å². The molecule has 106 valence electrons. The van der Waals surface area contributed by atoms with E-state index in [0.717, 1.165) is 10.9 Å². The number of fused-ring (bicyclic) bond motifs is 1. The number of nitrogens with two attached hydrogens (primary N) is 1. The van der Waals surface area contributed by atoms with E-state index in [9.17, 15) is 4.79 Å². The molecule has 5 nitrogen and oxygen atoms in total. The highest BCUT2D eigenvalue weighted by Gasteiger charge is 2.08. The van der Waals surface area contributed by atoms with Crippen LogP contribution in [0.2, 0.25) is 0 Å². The summed E-state index contributed by atoms with van der Waals surface area (Å²) in [6.45, 7) is 0.383. The van der Waals surface area contributed by atoms with Crippen LogP contribution >= 0.6 is 0 Å². The predicted molar refractivity (Wildman–Crippen MR) is 82.5 cm³/mol. The van der Waals surface area contributed by atoms with Gasteiger partial charge < -0.3 is 10.5 Å². The number of benzene rings is 1. The summed E-state index contributed by atoms with van der Waals surface area (Å²) in [5.74, 6) is 0.953. The molecule has 0 fully saturated rings. The van der Waals surface area contributed by atoms with E-state index in [1.165, 1.54) is 0 Å². The second kappa shape index (κ2) is 5.28. The van der Waals surface area contributed by atoms with Gasteiger partial charge in [0.2, 0.25) is 5.88 Å². The monoisotopic (exact) mass is 281 g/mol. The molecule has 0 aliphatic rings. The fraction of sp³-hybridized carbons (Fsp3) is 0.125. The third-order valence-electron chi connectivity index (χ3n) is 3.40. The Morgan fingerprint density at radius 3 is 2.86 bits per heavy atom. The van der Waals surface area contributed by atoms with Gasteiger partial charge in [-0.3, -0.25) is 9.36 Å². The van der Waals surface area contributed by atoms with Gasteiger partial charge in [-0.15, -0.1) is 0 Å². The van der Waals surface area contributed by atoms with Crippen LogP contribution in [0.1, 0.15) is 5.56 Å². The molecule has 5 heteroatoms. The van der Waals surface area contributed by atoms with E-state index in [1.54, 1.807) is 30.0 Å². The largest absolute Gasteiger partial charge is 0.481 e. The third kappa shape index (κ3) is 2.45. The van der Waals surface area contributed by atoms with Gasteiger partial charge in [0.05, 0.1) is 13.7 Å². The molecule has 0 aliphatic heterocycles. The summed E-state index contributed by atoms with van der Waals surface area (Å²) in [6, 6.07) is 12.9. The highest BCUT2D eigenvalue weighted by Crippen LogP contribution is 2.15. The second-order valence-electron chi connectivity index (χ2n) is 4.75. The molecule has 3 rings (SSSR count). The first kappa shape index (κ1) is 13.2. The lowest BCUT2D eigenvalue weighted by atomic mass is 10.1. The van der Waals surface area contributed by atoms with Gasteiger partial charge in [-0.05, 0) is 29.1 Å². The van der Waals surface area contributed by atoms with E-state index in [2.05, 4.69) is 4.98 Å². The first-order valence-corrected chi connectivity index (χ1v) is 6.56. The molecule has 3 aromatic rings. The number of hydrogen-bond donors (Lipinski definition) is 1. The zero-order chi connectivity index (χ0) is 14.8. The van der Waals surface area contributed by atoms with Crippen molar-refractivity contribution in [1.82, 2.24) is 9.55 Å². The van der Waals surface area contributed by atoms with Gasteiger partial charge in [-0.25, -0.2) is 4.98 Å². The topological polar surface area (TPSA) is 70.1 Å². The molecule has 0 atom stereocenters. The molecule has 2 N–H and O–H groups in total. The molecular weight excluding hydrogens is 266 g/mol. The van der Waals surface area contributed by atoms with Crippen molar-refractivity contribution in [2.45, 2.75) is 6.54 Å². The first-order chi connectivity index (χ1) is 10.2. The number of nitrogen functional groups attached to an aromatic ring is 1. The standard InChI is InChI=1S/C16H15N3O2/c1-21-15-8-11(6-7-18-15)10-19-14(17)9-12-4-2-3-5-13(12)16(19)20/h2-9H,10,17H2,1H3. The molecule has 0 saturated heterocycles. The average molecular weight is 281 g/mol. The van der Waals surface area contributed by atoms with E-state index >= 15 is 0 Å². The molecule has 21 heavy (non-hydrogen) atoms. The summed E-state index contributed by atoms with van der Waals surface area (Å²) in [7, 11) is 1.56. The lowest BCUT2D eigenvalue weighted by Crippen LogP contribution is -2.23. The second-order valence-corrected chi connectivity index (χ2v) is 4.75. The Balaban J connectivity index is 2.10. The van der Waals surface area contributed by atoms with E-state index in [-0.39, 0.29) is 5.56 Å². The molecule has 0 unspecified atom stereocenters. The predicted octanol–water partition coefficient (Wildman–Crippen LogP) is 2.04. The van der Waals surface area contributed by atoms with Gasteiger partial charge in [-0.1, -0.05) is 18.2 Å². The third-order valence-corrected chi connectivity index (χ3v) is 3.40. The van der Waals surface area contributed by atoms with E-state index < -0.39 is 0 Å². The smallest absolute Gasteiger partial charge is 0.260 e. The highest BCUT2D eigenvalue weighted by molar-refractivity contribution is 5.83. The van der Waals surface area contributed by atoms with Crippen LogP contribution in [0.3, 0.4) is 0 Å². The maximum absolute atomic E-state index is 12.5. The molecule has 1 aromatic carbocycles. The molecule has 0 saturated carbocycles. The molecule has 0 spiro atoms. The van der Waals surface area contributed by atoms with Crippen LogP contribution in [0.15, 0.2) is 53.5 Å². The Hall–Kier alpha value is -2.82. The average Bonchev–Trinajstić information content (AvgIpc) is 2.51. The van der Waals surface area contributed by atoms with Crippen molar-refractivity contribution >= 4 is 16.6 Å². The molecular formula is C16H15N3O2. The Labute approximate surface area is 121 Å². The zero-order valence-electron chi connectivity index (χ0n) is 11.6. The molecule has 0 amide bonds. The van der Waals surface area contributed by atoms with Crippen molar-refractivity contribution < 1.29 is 4.74 Å². The number of methoxy groups -OCH3 is 1. The van der Waals surface area contributed by atoms with Crippen LogP contribution < -0.4 is 16.0 Å². The van der Waals surface area contributed by atoms with Gasteiger partial charge in [0, 0.05) is 17.6 Å². The number of aromatic nitrogens is 2. The summed E-state index contributed by atoms with van der Waals surface area (Å²) in [4.78, 5) is 16.6. The molecule has 2 aromatic heterocycles. The molecule has 2 heterocycles. The van der Waals surface area contributed by atoms with Crippen LogP contribution in [0.4, 0.5) is 5.82 Å². The quantitative estimate of drug-likeness (QED) is 0.797. The minimum Gasteiger partial charge on any atom is -0.481 e. The summed E-state index contributed by atoms with van der Waals surface area (Å²) in [5, 5.41) is 1.51. The van der Waals surface area contributed by atoms with Crippen LogP contribution in [-0.4, -0.2) is 16.7 Å². The Kier molecular flexibility index (Phi) is 3.31. The van der Waals surface area contributed by atoms with E-state index in [4.69, 9.17) is 10.5 Å². The minimum absolute atomic E-state index is 0.0959. The number of nitrogens with zero attached hydrogens (tertiary/aromatic N) is 2. The molecule has 0 aliphatic carbocycles. The van der Waals surface area contributed by atoms with Gasteiger partial charge >= 0.3 is 0 Å². The van der Waals surface area contributed by atoms with Crippen LogP contribution in [0.25, 0.3) is 10.8 Å². The summed E-state index contributed by atoms with van der Waals surface area (Å²) >= 11 is 0. The van der Waals surface area contributed by atoms with Crippen molar-refractivity contribution in [3.05, 3.63) is 64.6 Å². The lowest BCUT2D eigenvalue weighted by molar-refractivity contribution is 0.397. The lowest BCUT2D eigenvalue weighted by Gasteiger charge is -2.11. The maximum Gasteiger partial charge on any atom is 0.260 e. The summed E-state index contributed by atoms with van der Waals surface area (Å²) in [5.41, 5.74) is 6.83. The Morgan fingerprint density at radius 1 is 1.24 bits per heavy atom. The van der Waals surface area contributed by atoms with Crippen molar-refractivity contribution in [3.63, 3.8) is 0 Å². The number of anilines is 1. The van der Waals surface area contributed by atoms with Crippen LogP contribution in [-0.2, 0) is 6.54 Å².